The van der Waals surface area contributed by atoms with Gasteiger partial charge in [0.05, 0.1) is 12.2 Å². The Bertz CT molecular complexity index is 577. The summed E-state index contributed by atoms with van der Waals surface area (Å²) in [7, 11) is 0. The van der Waals surface area contributed by atoms with Gasteiger partial charge in [-0.3, -0.25) is 0 Å². The number of benzene rings is 1. The lowest BCUT2D eigenvalue weighted by Gasteiger charge is -2.16. The Balaban J connectivity index is 1.90. The van der Waals surface area contributed by atoms with Crippen molar-refractivity contribution in [2.75, 3.05) is 11.9 Å². The third-order valence-corrected chi connectivity index (χ3v) is 2.80. The predicted octanol–water partition coefficient (Wildman–Crippen LogP) is 3.46. The van der Waals surface area contributed by atoms with Crippen LogP contribution in [0.2, 0.25) is 5.28 Å². The Morgan fingerprint density at radius 1 is 1.35 bits per heavy atom. The molecule has 0 aliphatic rings. The smallest absolute Gasteiger partial charge is 0.224 e. The molecule has 0 fully saturated rings. The van der Waals surface area contributed by atoms with Crippen molar-refractivity contribution in [1.29, 1.82) is 0 Å². The van der Waals surface area contributed by atoms with Crippen LogP contribution in [0.3, 0.4) is 0 Å². The molecular weight excluding hydrogens is 281 g/mol. The molecule has 2 aromatic rings. The highest BCUT2D eigenvalue weighted by molar-refractivity contribution is 6.28. The number of ether oxygens (including phenoxy) is 1. The van der Waals surface area contributed by atoms with Crippen LogP contribution in [0.5, 0.6) is 5.75 Å². The van der Waals surface area contributed by atoms with Gasteiger partial charge in [0.2, 0.25) is 5.28 Å². The SMILES string of the molecule is Cc1ccc(OCC(C)Nc2nc(Cl)ncc2F)cc1. The molecule has 0 amide bonds. The van der Waals surface area contributed by atoms with Crippen LogP contribution in [0.25, 0.3) is 0 Å². The zero-order valence-electron chi connectivity index (χ0n) is 11.2. The number of nitrogens with one attached hydrogen (secondary N) is 1. The fourth-order valence-corrected chi connectivity index (χ4v) is 1.71. The maximum Gasteiger partial charge on any atom is 0.224 e. The molecule has 0 aliphatic heterocycles. The first-order chi connectivity index (χ1) is 9.54. The molecule has 4 nitrogen and oxygen atoms in total. The number of anilines is 1. The van der Waals surface area contributed by atoms with E-state index in [0.29, 0.717) is 6.61 Å². The fourth-order valence-electron chi connectivity index (χ4n) is 1.58. The van der Waals surface area contributed by atoms with Gasteiger partial charge in [0.1, 0.15) is 12.4 Å². The Morgan fingerprint density at radius 2 is 2.05 bits per heavy atom. The number of aryl methyl sites for hydroxylation is 1. The number of hydrogen-bond donors (Lipinski definition) is 1. The van der Waals surface area contributed by atoms with E-state index in [0.717, 1.165) is 11.9 Å². The zero-order valence-corrected chi connectivity index (χ0v) is 12.0. The maximum absolute atomic E-state index is 13.5. The van der Waals surface area contributed by atoms with Crippen molar-refractivity contribution < 1.29 is 9.13 Å². The standard InChI is InChI=1S/C14H15ClFN3O/c1-9-3-5-11(6-4-9)20-8-10(2)18-13-12(16)7-17-14(15)19-13/h3-7,10H,8H2,1-2H3,(H,17,18,19). The van der Waals surface area contributed by atoms with Crippen molar-refractivity contribution in [3.05, 3.63) is 47.1 Å². The second-order valence-corrected chi connectivity index (χ2v) is 4.84. The second kappa shape index (κ2) is 6.52. The number of rotatable bonds is 5. The van der Waals surface area contributed by atoms with E-state index >= 15 is 0 Å². The molecule has 1 atom stereocenters. The molecule has 0 radical (unpaired) electrons. The van der Waals surface area contributed by atoms with Crippen molar-refractivity contribution in [1.82, 2.24) is 9.97 Å². The van der Waals surface area contributed by atoms with Crippen LogP contribution >= 0.6 is 11.6 Å². The monoisotopic (exact) mass is 295 g/mol. The van der Waals surface area contributed by atoms with Gasteiger partial charge in [0, 0.05) is 0 Å². The minimum atomic E-state index is -0.545. The Labute approximate surface area is 122 Å². The van der Waals surface area contributed by atoms with Crippen LogP contribution in [-0.2, 0) is 0 Å². The van der Waals surface area contributed by atoms with Crippen molar-refractivity contribution in [2.24, 2.45) is 0 Å². The van der Waals surface area contributed by atoms with Gasteiger partial charge >= 0.3 is 0 Å². The molecule has 0 aliphatic carbocycles. The van der Waals surface area contributed by atoms with Crippen LogP contribution in [0.4, 0.5) is 10.2 Å². The number of halogens is 2. The molecule has 1 aromatic carbocycles. The van der Waals surface area contributed by atoms with E-state index in [2.05, 4.69) is 15.3 Å². The summed E-state index contributed by atoms with van der Waals surface area (Å²) in [5, 5.41) is 2.90. The Morgan fingerprint density at radius 3 is 2.75 bits per heavy atom. The van der Waals surface area contributed by atoms with E-state index in [-0.39, 0.29) is 17.1 Å². The molecule has 1 heterocycles. The first-order valence-electron chi connectivity index (χ1n) is 6.18. The second-order valence-electron chi connectivity index (χ2n) is 4.51. The topological polar surface area (TPSA) is 47.0 Å². The highest BCUT2D eigenvalue weighted by Gasteiger charge is 2.10. The summed E-state index contributed by atoms with van der Waals surface area (Å²) in [6.45, 7) is 4.25. The minimum absolute atomic E-state index is 0.000512. The van der Waals surface area contributed by atoms with E-state index in [4.69, 9.17) is 16.3 Å². The van der Waals surface area contributed by atoms with E-state index < -0.39 is 5.82 Å². The van der Waals surface area contributed by atoms with Crippen LogP contribution < -0.4 is 10.1 Å². The van der Waals surface area contributed by atoms with Crippen LogP contribution in [0.1, 0.15) is 12.5 Å². The maximum atomic E-state index is 13.5. The summed E-state index contributed by atoms with van der Waals surface area (Å²) < 4.78 is 19.1. The number of hydrogen-bond acceptors (Lipinski definition) is 4. The molecule has 0 saturated heterocycles. The summed E-state index contributed by atoms with van der Waals surface area (Å²) >= 11 is 5.63. The van der Waals surface area contributed by atoms with E-state index in [1.54, 1.807) is 0 Å². The fraction of sp³-hybridized carbons (Fsp3) is 0.286. The number of nitrogens with zero attached hydrogens (tertiary/aromatic N) is 2. The van der Waals surface area contributed by atoms with Gasteiger partial charge in [0.15, 0.2) is 11.6 Å². The molecule has 20 heavy (non-hydrogen) atoms. The highest BCUT2D eigenvalue weighted by Crippen LogP contribution is 2.15. The van der Waals surface area contributed by atoms with E-state index in [1.807, 2.05) is 38.1 Å². The van der Waals surface area contributed by atoms with Gasteiger partial charge in [-0.05, 0) is 37.6 Å². The molecular formula is C14H15ClFN3O. The predicted molar refractivity (Wildman–Crippen MR) is 76.8 cm³/mol. The van der Waals surface area contributed by atoms with E-state index in [9.17, 15) is 4.39 Å². The molecule has 1 N–H and O–H groups in total. The Hall–Kier alpha value is -1.88. The van der Waals surface area contributed by atoms with Crippen molar-refractivity contribution in [3.8, 4) is 5.75 Å². The summed E-state index contributed by atoms with van der Waals surface area (Å²) in [5.41, 5.74) is 1.17. The zero-order chi connectivity index (χ0) is 14.5. The van der Waals surface area contributed by atoms with Gasteiger partial charge in [-0.25, -0.2) is 9.37 Å². The van der Waals surface area contributed by atoms with Crippen LogP contribution in [0.15, 0.2) is 30.5 Å². The molecule has 106 valence electrons. The molecule has 1 unspecified atom stereocenters. The first-order valence-corrected chi connectivity index (χ1v) is 6.56. The van der Waals surface area contributed by atoms with Crippen molar-refractivity contribution in [3.63, 3.8) is 0 Å². The third kappa shape index (κ3) is 4.06. The van der Waals surface area contributed by atoms with Crippen molar-refractivity contribution in [2.45, 2.75) is 19.9 Å². The molecule has 1 aromatic heterocycles. The largest absolute Gasteiger partial charge is 0.491 e. The van der Waals surface area contributed by atoms with Gasteiger partial charge in [-0.1, -0.05) is 17.7 Å². The summed E-state index contributed by atoms with van der Waals surface area (Å²) in [6, 6.07) is 7.60. The molecule has 0 bridgehead atoms. The average Bonchev–Trinajstić information content (AvgIpc) is 2.42. The highest BCUT2D eigenvalue weighted by atomic mass is 35.5. The van der Waals surface area contributed by atoms with E-state index in [1.165, 1.54) is 5.56 Å². The van der Waals surface area contributed by atoms with Crippen LogP contribution in [0, 0.1) is 12.7 Å². The molecule has 0 spiro atoms. The van der Waals surface area contributed by atoms with Gasteiger partial charge in [-0.15, -0.1) is 0 Å². The van der Waals surface area contributed by atoms with Gasteiger partial charge in [-0.2, -0.15) is 4.98 Å². The molecule has 2 rings (SSSR count). The van der Waals surface area contributed by atoms with Crippen LogP contribution in [-0.4, -0.2) is 22.6 Å². The number of aromatic nitrogens is 2. The lowest BCUT2D eigenvalue weighted by molar-refractivity contribution is 0.303. The molecule has 6 heteroatoms. The summed E-state index contributed by atoms with van der Waals surface area (Å²) in [5.74, 6) is 0.298. The van der Waals surface area contributed by atoms with Crippen molar-refractivity contribution >= 4 is 17.4 Å². The third-order valence-electron chi connectivity index (χ3n) is 2.62. The lowest BCUT2D eigenvalue weighted by Crippen LogP contribution is -2.24. The van der Waals surface area contributed by atoms with Gasteiger partial charge in [0.25, 0.3) is 0 Å². The quantitative estimate of drug-likeness (QED) is 0.858. The summed E-state index contributed by atoms with van der Waals surface area (Å²) in [4.78, 5) is 7.35. The normalized spacial score (nSPS) is 12.0. The van der Waals surface area contributed by atoms with Gasteiger partial charge < -0.3 is 10.1 Å². The first kappa shape index (κ1) is 14.5. The average molecular weight is 296 g/mol. The lowest BCUT2D eigenvalue weighted by atomic mass is 10.2. The minimum Gasteiger partial charge on any atom is -0.491 e. The summed E-state index contributed by atoms with van der Waals surface area (Å²) in [6.07, 6.45) is 1.03. The Kier molecular flexibility index (Phi) is 4.74. The molecule has 0 saturated carbocycles.